The molecule has 0 heterocycles. The molecule has 2 aromatic rings. The molecule has 0 fully saturated rings. The number of anilines is 3. The molecule has 0 aliphatic rings. The molecular formula is C18H15ClN4O2. The van der Waals surface area contributed by atoms with Gasteiger partial charge in [0.05, 0.1) is 16.4 Å². The first-order valence-corrected chi connectivity index (χ1v) is 7.63. The zero-order chi connectivity index (χ0) is 18.4. The van der Waals surface area contributed by atoms with Crippen LogP contribution < -0.4 is 16.0 Å². The number of amides is 2. The van der Waals surface area contributed by atoms with E-state index in [4.69, 9.17) is 17.3 Å². The second-order valence-corrected chi connectivity index (χ2v) is 5.48. The zero-order valence-electron chi connectivity index (χ0n) is 13.4. The number of nitrogens with one attached hydrogen (secondary N) is 1. The van der Waals surface area contributed by atoms with Gasteiger partial charge in [0.25, 0.3) is 5.91 Å². The van der Waals surface area contributed by atoms with Gasteiger partial charge in [-0.15, -0.1) is 0 Å². The number of nitrogens with zero attached hydrogens (tertiary/aromatic N) is 2. The highest BCUT2D eigenvalue weighted by Gasteiger charge is 2.16. The van der Waals surface area contributed by atoms with E-state index in [0.717, 1.165) is 0 Å². The van der Waals surface area contributed by atoms with Crippen molar-refractivity contribution in [3.63, 3.8) is 0 Å². The van der Waals surface area contributed by atoms with E-state index < -0.39 is 5.91 Å². The first-order chi connectivity index (χ1) is 11.9. The number of rotatable bonds is 4. The van der Waals surface area contributed by atoms with E-state index >= 15 is 0 Å². The molecule has 7 heteroatoms. The van der Waals surface area contributed by atoms with Crippen LogP contribution in [0.3, 0.4) is 0 Å². The van der Waals surface area contributed by atoms with Crippen LogP contribution in [0.5, 0.6) is 0 Å². The van der Waals surface area contributed by atoms with Crippen LogP contribution in [0.25, 0.3) is 0 Å². The fraction of sp³-hybridized carbons (Fsp3) is 0.0556. The number of carbonyl (C=O) groups excluding carboxylic acids is 2. The maximum Gasteiger partial charge on any atom is 0.267 e. The van der Waals surface area contributed by atoms with Crippen LogP contribution in [0.15, 0.2) is 60.3 Å². The van der Waals surface area contributed by atoms with Crippen molar-refractivity contribution >= 4 is 40.5 Å². The maximum atomic E-state index is 12.3. The summed E-state index contributed by atoms with van der Waals surface area (Å²) in [6.07, 6.45) is 1.17. The van der Waals surface area contributed by atoms with Crippen LogP contribution in [-0.2, 0) is 9.59 Å². The Hall–Kier alpha value is -3.30. The SMILES string of the molecule is CC(=O)N(/C=C(/C#N)C(=O)Nc1ccccc1Cl)c1cccc(N)c1. The summed E-state index contributed by atoms with van der Waals surface area (Å²) >= 11 is 5.99. The lowest BCUT2D eigenvalue weighted by Gasteiger charge is -2.17. The lowest BCUT2D eigenvalue weighted by atomic mass is 10.2. The van der Waals surface area contributed by atoms with E-state index in [0.29, 0.717) is 22.1 Å². The molecule has 0 unspecified atom stereocenters. The van der Waals surface area contributed by atoms with E-state index in [9.17, 15) is 14.9 Å². The number of hydrogen-bond acceptors (Lipinski definition) is 4. The molecule has 0 spiro atoms. The molecule has 2 rings (SSSR count). The van der Waals surface area contributed by atoms with Gasteiger partial charge in [-0.3, -0.25) is 14.5 Å². The number of nitrogen functional groups attached to an aromatic ring is 1. The van der Waals surface area contributed by atoms with Crippen LogP contribution in [0.1, 0.15) is 6.92 Å². The number of nitriles is 1. The minimum atomic E-state index is -0.675. The van der Waals surface area contributed by atoms with Gasteiger partial charge in [0.1, 0.15) is 11.6 Å². The Morgan fingerprint density at radius 1 is 1.24 bits per heavy atom. The Kier molecular flexibility index (Phi) is 5.77. The van der Waals surface area contributed by atoms with E-state index in [1.165, 1.54) is 18.0 Å². The maximum absolute atomic E-state index is 12.3. The summed E-state index contributed by atoms with van der Waals surface area (Å²) in [5.74, 6) is -1.05. The highest BCUT2D eigenvalue weighted by Crippen LogP contribution is 2.22. The third-order valence-electron chi connectivity index (χ3n) is 3.23. The van der Waals surface area contributed by atoms with Crippen LogP contribution in [0.4, 0.5) is 17.1 Å². The van der Waals surface area contributed by atoms with Crippen molar-refractivity contribution in [2.45, 2.75) is 6.92 Å². The van der Waals surface area contributed by atoms with Crippen LogP contribution >= 0.6 is 11.6 Å². The van der Waals surface area contributed by atoms with Crippen molar-refractivity contribution < 1.29 is 9.59 Å². The van der Waals surface area contributed by atoms with Crippen molar-refractivity contribution in [3.8, 4) is 6.07 Å². The molecule has 2 aromatic carbocycles. The highest BCUT2D eigenvalue weighted by atomic mass is 35.5. The minimum Gasteiger partial charge on any atom is -0.399 e. The van der Waals surface area contributed by atoms with Gasteiger partial charge in [0.2, 0.25) is 5.91 Å². The predicted octanol–water partition coefficient (Wildman–Crippen LogP) is 3.32. The third kappa shape index (κ3) is 4.59. The summed E-state index contributed by atoms with van der Waals surface area (Å²) in [5, 5.41) is 12.2. The van der Waals surface area contributed by atoms with Crippen LogP contribution in [0, 0.1) is 11.3 Å². The summed E-state index contributed by atoms with van der Waals surface area (Å²) in [6, 6.07) is 15.0. The first kappa shape index (κ1) is 18.0. The average molecular weight is 355 g/mol. The molecule has 0 bridgehead atoms. The normalized spacial score (nSPS) is 10.7. The van der Waals surface area contributed by atoms with Crippen molar-refractivity contribution in [2.75, 3.05) is 16.0 Å². The molecule has 0 saturated carbocycles. The summed E-state index contributed by atoms with van der Waals surface area (Å²) in [7, 11) is 0. The third-order valence-corrected chi connectivity index (χ3v) is 3.56. The van der Waals surface area contributed by atoms with Crippen molar-refractivity contribution in [2.24, 2.45) is 0 Å². The molecule has 0 aliphatic carbocycles. The van der Waals surface area contributed by atoms with Gasteiger partial charge in [-0.25, -0.2) is 0 Å². The number of halogens is 1. The van der Waals surface area contributed by atoms with Gasteiger partial charge in [-0.2, -0.15) is 5.26 Å². The number of benzene rings is 2. The molecule has 25 heavy (non-hydrogen) atoms. The standard InChI is InChI=1S/C18H15ClN4O2/c1-12(24)23(15-6-4-5-14(21)9-15)11-13(10-20)18(25)22-17-8-3-2-7-16(17)19/h2-9,11H,21H2,1H3,(H,22,25)/b13-11-. The Balaban J connectivity index is 2.33. The second-order valence-electron chi connectivity index (χ2n) is 5.07. The Morgan fingerprint density at radius 3 is 2.56 bits per heavy atom. The number of hydrogen-bond donors (Lipinski definition) is 2. The molecule has 0 aliphatic heterocycles. The lowest BCUT2D eigenvalue weighted by molar-refractivity contribution is -0.116. The first-order valence-electron chi connectivity index (χ1n) is 7.25. The second kappa shape index (κ2) is 7.99. The van der Waals surface area contributed by atoms with E-state index in [2.05, 4.69) is 5.32 Å². The molecule has 0 radical (unpaired) electrons. The lowest BCUT2D eigenvalue weighted by Crippen LogP contribution is -2.25. The Morgan fingerprint density at radius 2 is 1.96 bits per heavy atom. The summed E-state index contributed by atoms with van der Waals surface area (Å²) in [6.45, 7) is 1.32. The Bertz CT molecular complexity index is 887. The molecule has 0 saturated heterocycles. The van der Waals surface area contributed by atoms with E-state index in [1.54, 1.807) is 54.6 Å². The Labute approximate surface area is 150 Å². The van der Waals surface area contributed by atoms with Gasteiger partial charge in [0.15, 0.2) is 0 Å². The largest absolute Gasteiger partial charge is 0.399 e. The molecule has 3 N–H and O–H groups in total. The van der Waals surface area contributed by atoms with Crippen molar-refractivity contribution in [3.05, 3.63) is 65.3 Å². The number of carbonyl (C=O) groups is 2. The topological polar surface area (TPSA) is 99.2 Å². The zero-order valence-corrected chi connectivity index (χ0v) is 14.1. The van der Waals surface area contributed by atoms with Crippen LogP contribution in [0.2, 0.25) is 5.02 Å². The summed E-state index contributed by atoms with van der Waals surface area (Å²) in [4.78, 5) is 25.4. The van der Waals surface area contributed by atoms with Crippen molar-refractivity contribution in [1.29, 1.82) is 5.26 Å². The van der Waals surface area contributed by atoms with Crippen LogP contribution in [-0.4, -0.2) is 11.8 Å². The monoisotopic (exact) mass is 354 g/mol. The molecule has 126 valence electrons. The van der Waals surface area contributed by atoms with Gasteiger partial charge < -0.3 is 11.1 Å². The summed E-state index contributed by atoms with van der Waals surface area (Å²) in [5.41, 5.74) is 6.74. The van der Waals surface area contributed by atoms with Gasteiger partial charge >= 0.3 is 0 Å². The average Bonchev–Trinajstić information content (AvgIpc) is 2.57. The minimum absolute atomic E-state index is 0.252. The molecular weight excluding hydrogens is 340 g/mol. The van der Waals surface area contributed by atoms with Gasteiger partial charge in [0, 0.05) is 18.8 Å². The van der Waals surface area contributed by atoms with Gasteiger partial charge in [-0.05, 0) is 30.3 Å². The predicted molar refractivity (Wildman–Crippen MR) is 97.8 cm³/mol. The smallest absolute Gasteiger partial charge is 0.267 e. The quantitative estimate of drug-likeness (QED) is 0.499. The van der Waals surface area contributed by atoms with E-state index in [-0.39, 0.29) is 11.5 Å². The molecule has 2 amide bonds. The molecule has 0 aromatic heterocycles. The molecule has 0 atom stereocenters. The highest BCUT2D eigenvalue weighted by molar-refractivity contribution is 6.34. The van der Waals surface area contributed by atoms with Gasteiger partial charge in [-0.1, -0.05) is 29.8 Å². The molecule has 6 nitrogen and oxygen atoms in total. The fourth-order valence-electron chi connectivity index (χ4n) is 2.04. The van der Waals surface area contributed by atoms with E-state index in [1.807, 2.05) is 0 Å². The number of para-hydroxylation sites is 1. The fourth-order valence-corrected chi connectivity index (χ4v) is 2.22. The van der Waals surface area contributed by atoms with Crippen molar-refractivity contribution in [1.82, 2.24) is 0 Å². The number of nitrogens with two attached hydrogens (primary N) is 1. The summed E-state index contributed by atoms with van der Waals surface area (Å²) < 4.78 is 0.